The number of esters is 2. The Bertz CT molecular complexity index is 1150. The van der Waals surface area contributed by atoms with Gasteiger partial charge in [-0.05, 0) is 70.2 Å². The third kappa shape index (κ3) is 4.04. The van der Waals surface area contributed by atoms with Crippen LogP contribution >= 0.6 is 23.9 Å². The Balaban J connectivity index is 2.12. The molecule has 1 heterocycles. The van der Waals surface area contributed by atoms with Crippen molar-refractivity contribution in [1.82, 2.24) is 4.13 Å². The molecule has 1 N–H and O–H groups in total. The maximum Gasteiger partial charge on any atom is 0.348 e. The van der Waals surface area contributed by atoms with Crippen LogP contribution in [0.5, 0.6) is 0 Å². The van der Waals surface area contributed by atoms with Gasteiger partial charge in [-0.2, -0.15) is 4.13 Å². The number of carbonyl (C=O) groups is 2. The van der Waals surface area contributed by atoms with Crippen LogP contribution in [0.4, 0.5) is 0 Å². The molecule has 2 saturated carbocycles. The van der Waals surface area contributed by atoms with Crippen LogP contribution in [0.1, 0.15) is 152 Å². The lowest BCUT2D eigenvalue weighted by atomic mass is 9.31. The molecule has 0 amide bonds. The van der Waals surface area contributed by atoms with Gasteiger partial charge >= 0.3 is 11.9 Å². The van der Waals surface area contributed by atoms with E-state index in [1.54, 1.807) is 0 Å². The first kappa shape index (κ1) is 38.8. The third-order valence-electron chi connectivity index (χ3n) is 18.7. The van der Waals surface area contributed by atoms with Crippen LogP contribution in [-0.4, -0.2) is 23.1 Å². The summed E-state index contributed by atoms with van der Waals surface area (Å²) in [6, 6.07) is 0. The Morgan fingerprint density at radius 1 is 0.378 bits per heavy atom. The van der Waals surface area contributed by atoms with Gasteiger partial charge in [0.15, 0.2) is 0 Å². The van der Waals surface area contributed by atoms with Gasteiger partial charge in [0.2, 0.25) is 0 Å². The van der Waals surface area contributed by atoms with E-state index in [1.807, 2.05) is 0 Å². The van der Waals surface area contributed by atoms with Crippen LogP contribution in [0, 0.1) is 54.1 Å². The standard InChI is InChI=1S/C38H67NO4S2/c1-27(2)29(5,6)33(13,14)37(21,34(15,16)30(27,7)8)42-25(40)23-24(45-39-44-23)26(41)43-38(22)35(17,18)31(9,10)28(3,4)32(11,12)36(38,19)20/h39H,1-22H3. The monoisotopic (exact) mass is 665 g/mol. The lowest BCUT2D eigenvalue weighted by molar-refractivity contribution is -0.320. The van der Waals surface area contributed by atoms with Crippen molar-refractivity contribution in [3.63, 3.8) is 0 Å². The fourth-order valence-electron chi connectivity index (χ4n) is 10.1. The van der Waals surface area contributed by atoms with E-state index in [0.717, 1.165) is 23.9 Å². The molecular weight excluding hydrogens is 599 g/mol. The minimum absolute atomic E-state index is 0.0716. The lowest BCUT2D eigenvalue weighted by Crippen LogP contribution is -2.75. The lowest BCUT2D eigenvalue weighted by Gasteiger charge is -2.75. The quantitative estimate of drug-likeness (QED) is 0.237. The van der Waals surface area contributed by atoms with Gasteiger partial charge in [0.1, 0.15) is 21.0 Å². The Labute approximate surface area is 285 Å². The molecule has 1 aliphatic heterocycles. The summed E-state index contributed by atoms with van der Waals surface area (Å²) in [4.78, 5) is 29.2. The van der Waals surface area contributed by atoms with E-state index >= 15 is 0 Å². The molecular formula is C38H67NO4S2. The van der Waals surface area contributed by atoms with Gasteiger partial charge in [-0.1, -0.05) is 138 Å². The molecule has 5 nitrogen and oxygen atoms in total. The third-order valence-corrected chi connectivity index (χ3v) is 20.7. The molecule has 0 spiro atoms. The van der Waals surface area contributed by atoms with Crippen LogP contribution < -0.4 is 4.13 Å². The Morgan fingerprint density at radius 3 is 0.756 bits per heavy atom. The molecule has 260 valence electrons. The minimum atomic E-state index is -0.853. The molecule has 3 aliphatic rings. The second-order valence-electron chi connectivity index (χ2n) is 20.0. The first-order valence-electron chi connectivity index (χ1n) is 16.8. The van der Waals surface area contributed by atoms with Crippen LogP contribution in [0.3, 0.4) is 0 Å². The highest BCUT2D eigenvalue weighted by atomic mass is 32.2. The topological polar surface area (TPSA) is 64.6 Å². The van der Waals surface area contributed by atoms with E-state index in [0.29, 0.717) is 0 Å². The highest BCUT2D eigenvalue weighted by Crippen LogP contribution is 2.77. The fourth-order valence-corrected chi connectivity index (χ4v) is 11.8. The summed E-state index contributed by atoms with van der Waals surface area (Å²) in [6.07, 6.45) is 0. The van der Waals surface area contributed by atoms with Crippen molar-refractivity contribution in [2.75, 3.05) is 0 Å². The summed E-state index contributed by atoms with van der Waals surface area (Å²) < 4.78 is 16.6. The van der Waals surface area contributed by atoms with Crippen LogP contribution in [0.2, 0.25) is 0 Å². The van der Waals surface area contributed by atoms with E-state index in [-0.39, 0.29) is 42.3 Å². The predicted octanol–water partition coefficient (Wildman–Crippen LogP) is 11.0. The predicted molar refractivity (Wildman–Crippen MR) is 192 cm³/mol. The van der Waals surface area contributed by atoms with Gasteiger partial charge in [-0.3, -0.25) is 0 Å². The van der Waals surface area contributed by atoms with Gasteiger partial charge in [0, 0.05) is 21.7 Å². The highest BCUT2D eigenvalue weighted by molar-refractivity contribution is 8.20. The maximum absolute atomic E-state index is 14.3. The van der Waals surface area contributed by atoms with E-state index in [2.05, 4.69) is 156 Å². The molecule has 0 aromatic rings. The number of nitrogens with one attached hydrogen (secondary N) is 1. The van der Waals surface area contributed by atoms with Crippen LogP contribution in [0.15, 0.2) is 9.81 Å². The number of ether oxygens (including phenoxy) is 2. The van der Waals surface area contributed by atoms with Gasteiger partial charge in [0.25, 0.3) is 0 Å². The summed E-state index contributed by atoms with van der Waals surface area (Å²) in [5.41, 5.74) is -4.25. The zero-order chi connectivity index (χ0) is 35.8. The summed E-state index contributed by atoms with van der Waals surface area (Å²) in [6.45, 7) is 49.9. The number of hydrogen-bond acceptors (Lipinski definition) is 7. The average molecular weight is 666 g/mol. The molecule has 2 fully saturated rings. The average Bonchev–Trinajstić information content (AvgIpc) is 3.36. The van der Waals surface area contributed by atoms with E-state index in [4.69, 9.17) is 9.47 Å². The van der Waals surface area contributed by atoms with Crippen molar-refractivity contribution in [3.8, 4) is 0 Å². The molecule has 45 heavy (non-hydrogen) atoms. The van der Waals surface area contributed by atoms with Gasteiger partial charge in [-0.25, -0.2) is 9.59 Å². The summed E-state index contributed by atoms with van der Waals surface area (Å²) in [5, 5.41) is 0. The van der Waals surface area contributed by atoms with Crippen molar-refractivity contribution in [2.24, 2.45) is 54.1 Å². The Hall–Kier alpha value is -0.660. The summed E-state index contributed by atoms with van der Waals surface area (Å²) in [5.74, 6) is -0.956. The van der Waals surface area contributed by atoms with Crippen LogP contribution in [0.25, 0.3) is 0 Å². The van der Waals surface area contributed by atoms with Crippen molar-refractivity contribution < 1.29 is 19.1 Å². The molecule has 0 atom stereocenters. The molecule has 0 saturated heterocycles. The molecule has 0 aromatic carbocycles. The normalized spacial score (nSPS) is 31.5. The molecule has 2 aliphatic carbocycles. The second-order valence-corrected chi connectivity index (χ2v) is 21.9. The Kier molecular flexibility index (Phi) is 8.58. The first-order chi connectivity index (χ1) is 19.5. The van der Waals surface area contributed by atoms with E-state index < -0.39 is 44.8 Å². The zero-order valence-electron chi connectivity index (χ0n) is 32.9. The summed E-state index contributed by atoms with van der Waals surface area (Å²) >= 11 is 2.30. The van der Waals surface area contributed by atoms with E-state index in [9.17, 15) is 9.59 Å². The zero-order valence-corrected chi connectivity index (χ0v) is 34.6. The number of hydrogen-bond donors (Lipinski definition) is 1. The fraction of sp³-hybridized carbons (Fsp3) is 0.895. The van der Waals surface area contributed by atoms with Crippen molar-refractivity contribution in [2.45, 2.75) is 164 Å². The molecule has 7 heteroatoms. The smallest absolute Gasteiger partial charge is 0.348 e. The number of rotatable bonds is 4. The molecule has 0 bridgehead atoms. The molecule has 0 aromatic heterocycles. The SMILES string of the molecule is CC1(C)C(C)(C)C(C)(C)C(C)(OC(=O)C2=C(C(=O)OC3(C)C(C)(C)C(C)(C)C(C)(C)C(C)(C)C3(C)C)SNS2)C(C)(C)C1(C)C. The van der Waals surface area contributed by atoms with Gasteiger partial charge in [0.05, 0.1) is 0 Å². The van der Waals surface area contributed by atoms with Gasteiger partial charge < -0.3 is 9.47 Å². The van der Waals surface area contributed by atoms with E-state index in [1.165, 1.54) is 0 Å². The van der Waals surface area contributed by atoms with Gasteiger partial charge in [-0.15, -0.1) is 0 Å². The molecule has 0 unspecified atom stereocenters. The van der Waals surface area contributed by atoms with Crippen molar-refractivity contribution in [3.05, 3.63) is 9.81 Å². The first-order valence-corrected chi connectivity index (χ1v) is 18.4. The van der Waals surface area contributed by atoms with Crippen LogP contribution in [-0.2, 0) is 19.1 Å². The molecule has 0 radical (unpaired) electrons. The van der Waals surface area contributed by atoms with Crippen molar-refractivity contribution in [1.29, 1.82) is 0 Å². The highest BCUT2D eigenvalue weighted by Gasteiger charge is 2.77. The van der Waals surface area contributed by atoms with Crippen molar-refractivity contribution >= 4 is 35.8 Å². The number of carbonyl (C=O) groups excluding carboxylic acids is 2. The molecule has 3 rings (SSSR count). The Morgan fingerprint density at radius 2 is 0.556 bits per heavy atom. The second kappa shape index (κ2) is 9.96. The minimum Gasteiger partial charge on any atom is -0.454 e. The largest absolute Gasteiger partial charge is 0.454 e. The maximum atomic E-state index is 14.3. The summed E-state index contributed by atoms with van der Waals surface area (Å²) in [7, 11) is 0.